The Morgan fingerprint density at radius 3 is 2.52 bits per heavy atom. The number of H-pyrrole nitrogens is 1. The summed E-state index contributed by atoms with van der Waals surface area (Å²) in [6.45, 7) is 0. The van der Waals surface area contributed by atoms with Crippen molar-refractivity contribution in [2.24, 2.45) is 0 Å². The Kier molecular flexibility index (Phi) is 3.18. The molecule has 0 bridgehead atoms. The molecule has 0 unspecified atom stereocenters. The lowest BCUT2D eigenvalue weighted by molar-refractivity contribution is 0.602. The van der Waals surface area contributed by atoms with Crippen LogP contribution in [0, 0.1) is 0 Å². The molecule has 2 heterocycles. The van der Waals surface area contributed by atoms with E-state index in [0.29, 0.717) is 16.7 Å². The van der Waals surface area contributed by atoms with Gasteiger partial charge >= 0.3 is 0 Å². The van der Waals surface area contributed by atoms with E-state index in [1.165, 1.54) is 12.4 Å². The van der Waals surface area contributed by atoms with Crippen molar-refractivity contribution in [2.75, 3.05) is 6.26 Å². The van der Waals surface area contributed by atoms with E-state index < -0.39 is 9.84 Å². The molecule has 9 heteroatoms. The molecule has 21 heavy (non-hydrogen) atoms. The normalized spacial score (nSPS) is 11.5. The fourth-order valence-electron chi connectivity index (χ4n) is 2.02. The highest BCUT2D eigenvalue weighted by atomic mass is 32.2. The fourth-order valence-corrected chi connectivity index (χ4v) is 2.92. The molecule has 0 amide bonds. The van der Waals surface area contributed by atoms with Gasteiger partial charge in [-0.05, 0) is 16.8 Å². The van der Waals surface area contributed by atoms with E-state index in [0.717, 1.165) is 6.26 Å². The zero-order valence-electron chi connectivity index (χ0n) is 10.9. The van der Waals surface area contributed by atoms with Gasteiger partial charge in [0.2, 0.25) is 5.82 Å². The molecule has 0 aliphatic carbocycles. The molecule has 0 aliphatic heterocycles. The number of aromatic amines is 1. The first-order valence-corrected chi connectivity index (χ1v) is 7.79. The molecule has 1 aromatic carbocycles. The van der Waals surface area contributed by atoms with Crippen molar-refractivity contribution in [2.45, 2.75) is 4.90 Å². The Hall–Kier alpha value is -2.68. The maximum Gasteiger partial charge on any atom is 0.206 e. The zero-order valence-corrected chi connectivity index (χ0v) is 11.7. The molecular weight excluding hydrogens is 292 g/mol. The van der Waals surface area contributed by atoms with Crippen molar-refractivity contribution in [3.05, 3.63) is 36.9 Å². The smallest absolute Gasteiger partial charge is 0.206 e. The van der Waals surface area contributed by atoms with Crippen molar-refractivity contribution in [3.63, 3.8) is 0 Å². The van der Waals surface area contributed by atoms with Crippen LogP contribution in [0.4, 0.5) is 0 Å². The number of sulfone groups is 1. The standard InChI is InChI=1S/C12H10N6O2S/c1-21(19,20)10-4-2-3-9(8-5-13-7-14-6-8)11(10)12-15-17-18-16-12/h2-7H,1H3,(H,15,16,17,18). The molecule has 0 atom stereocenters. The summed E-state index contributed by atoms with van der Waals surface area (Å²) in [5.41, 5.74) is 1.67. The van der Waals surface area contributed by atoms with Gasteiger partial charge in [-0.3, -0.25) is 0 Å². The first-order chi connectivity index (χ1) is 10.1. The molecule has 1 N–H and O–H groups in total. The molecule has 0 saturated carbocycles. The molecule has 0 spiro atoms. The topological polar surface area (TPSA) is 114 Å². The lowest BCUT2D eigenvalue weighted by Crippen LogP contribution is -2.02. The van der Waals surface area contributed by atoms with Crippen molar-refractivity contribution in [1.82, 2.24) is 30.6 Å². The van der Waals surface area contributed by atoms with Gasteiger partial charge in [-0.1, -0.05) is 12.1 Å². The first kappa shape index (κ1) is 13.3. The van der Waals surface area contributed by atoms with E-state index in [-0.39, 0.29) is 10.7 Å². The van der Waals surface area contributed by atoms with Gasteiger partial charge in [0.25, 0.3) is 0 Å². The van der Waals surface area contributed by atoms with Crippen molar-refractivity contribution < 1.29 is 8.42 Å². The molecule has 0 aliphatic rings. The van der Waals surface area contributed by atoms with Gasteiger partial charge in [-0.15, -0.1) is 10.2 Å². The monoisotopic (exact) mass is 302 g/mol. The van der Waals surface area contributed by atoms with Crippen LogP contribution in [0.1, 0.15) is 0 Å². The number of nitrogens with one attached hydrogen (secondary N) is 1. The predicted octanol–water partition coefficient (Wildman–Crippen LogP) is 0.727. The maximum atomic E-state index is 12.0. The van der Waals surface area contributed by atoms with Crippen LogP contribution in [0.15, 0.2) is 41.8 Å². The van der Waals surface area contributed by atoms with E-state index in [9.17, 15) is 8.42 Å². The number of nitrogens with zero attached hydrogens (tertiary/aromatic N) is 5. The summed E-state index contributed by atoms with van der Waals surface area (Å²) in [5.74, 6) is 0.204. The van der Waals surface area contributed by atoms with Gasteiger partial charge in [0.05, 0.1) is 4.90 Å². The predicted molar refractivity (Wildman–Crippen MR) is 73.7 cm³/mol. The van der Waals surface area contributed by atoms with Crippen LogP contribution in [0.3, 0.4) is 0 Å². The van der Waals surface area contributed by atoms with Gasteiger partial charge in [-0.2, -0.15) is 5.21 Å². The Labute approximate surface area is 120 Å². The summed E-state index contributed by atoms with van der Waals surface area (Å²) < 4.78 is 24.0. The third-order valence-corrected chi connectivity index (χ3v) is 4.01. The average Bonchev–Trinajstić information content (AvgIpc) is 3.00. The highest BCUT2D eigenvalue weighted by molar-refractivity contribution is 7.90. The average molecular weight is 302 g/mol. The van der Waals surface area contributed by atoms with Crippen molar-refractivity contribution >= 4 is 9.84 Å². The summed E-state index contributed by atoms with van der Waals surface area (Å²) in [5, 5.41) is 13.6. The van der Waals surface area contributed by atoms with Gasteiger partial charge in [0.15, 0.2) is 9.84 Å². The summed E-state index contributed by atoms with van der Waals surface area (Å²) in [7, 11) is -3.45. The number of tetrazole rings is 1. The van der Waals surface area contributed by atoms with Crippen LogP contribution in [0.5, 0.6) is 0 Å². The third kappa shape index (κ3) is 2.50. The number of hydrogen-bond donors (Lipinski definition) is 1. The zero-order chi connectivity index (χ0) is 14.9. The summed E-state index contributed by atoms with van der Waals surface area (Å²) in [6.07, 6.45) is 5.73. The van der Waals surface area contributed by atoms with E-state index >= 15 is 0 Å². The SMILES string of the molecule is CS(=O)(=O)c1cccc(-c2cncnc2)c1-c1nn[nH]n1. The molecule has 2 aromatic heterocycles. The van der Waals surface area contributed by atoms with Crippen LogP contribution in [0.25, 0.3) is 22.5 Å². The maximum absolute atomic E-state index is 12.0. The van der Waals surface area contributed by atoms with Crippen LogP contribution >= 0.6 is 0 Å². The van der Waals surface area contributed by atoms with E-state index in [2.05, 4.69) is 30.6 Å². The lowest BCUT2D eigenvalue weighted by Gasteiger charge is -2.10. The largest absolute Gasteiger partial charge is 0.244 e. The minimum absolute atomic E-state index is 0.130. The Balaban J connectivity index is 2.36. The van der Waals surface area contributed by atoms with Crippen LogP contribution in [-0.2, 0) is 9.84 Å². The Morgan fingerprint density at radius 1 is 1.14 bits per heavy atom. The number of hydrogen-bond acceptors (Lipinski definition) is 7. The highest BCUT2D eigenvalue weighted by Crippen LogP contribution is 2.34. The van der Waals surface area contributed by atoms with Crippen LogP contribution < -0.4 is 0 Å². The van der Waals surface area contributed by atoms with E-state index in [4.69, 9.17) is 0 Å². The fraction of sp³-hybridized carbons (Fsp3) is 0.0833. The highest BCUT2D eigenvalue weighted by Gasteiger charge is 2.21. The molecule has 0 radical (unpaired) electrons. The molecule has 3 aromatic rings. The van der Waals surface area contributed by atoms with Gasteiger partial charge < -0.3 is 0 Å². The molecule has 0 fully saturated rings. The van der Waals surface area contributed by atoms with Crippen LogP contribution in [0.2, 0.25) is 0 Å². The van der Waals surface area contributed by atoms with E-state index in [1.807, 2.05) is 0 Å². The van der Waals surface area contributed by atoms with Crippen molar-refractivity contribution in [1.29, 1.82) is 0 Å². The van der Waals surface area contributed by atoms with E-state index in [1.54, 1.807) is 24.5 Å². The second-order valence-corrected chi connectivity index (χ2v) is 6.30. The molecule has 106 valence electrons. The second kappa shape index (κ2) is 5.02. The summed E-state index contributed by atoms with van der Waals surface area (Å²) in [4.78, 5) is 8.03. The Bertz CT molecular complexity index is 862. The van der Waals surface area contributed by atoms with Gasteiger partial charge in [0.1, 0.15) is 6.33 Å². The van der Waals surface area contributed by atoms with Crippen LogP contribution in [-0.4, -0.2) is 45.3 Å². The molecule has 8 nitrogen and oxygen atoms in total. The molecular formula is C12H10N6O2S. The molecule has 3 rings (SSSR count). The molecule has 0 saturated heterocycles. The second-order valence-electron chi connectivity index (χ2n) is 4.31. The lowest BCUT2D eigenvalue weighted by atomic mass is 10.0. The van der Waals surface area contributed by atoms with Crippen molar-refractivity contribution in [3.8, 4) is 22.5 Å². The van der Waals surface area contributed by atoms with Gasteiger partial charge in [0, 0.05) is 29.8 Å². The minimum Gasteiger partial charge on any atom is -0.244 e. The third-order valence-electron chi connectivity index (χ3n) is 2.87. The number of benzene rings is 1. The first-order valence-electron chi connectivity index (χ1n) is 5.89. The quantitative estimate of drug-likeness (QED) is 0.758. The number of aromatic nitrogens is 6. The summed E-state index contributed by atoms with van der Waals surface area (Å²) >= 11 is 0. The van der Waals surface area contributed by atoms with Gasteiger partial charge in [-0.25, -0.2) is 18.4 Å². The Morgan fingerprint density at radius 2 is 1.90 bits per heavy atom. The minimum atomic E-state index is -3.45. The number of rotatable bonds is 3. The summed E-state index contributed by atoms with van der Waals surface area (Å²) in [6, 6.07) is 4.93.